The van der Waals surface area contributed by atoms with E-state index in [2.05, 4.69) is 13.5 Å². The molecule has 0 saturated heterocycles. The maximum absolute atomic E-state index is 11.3. The Bertz CT molecular complexity index is 258. The summed E-state index contributed by atoms with van der Waals surface area (Å²) in [5.41, 5.74) is 0.269. The van der Waals surface area contributed by atoms with E-state index in [1.54, 1.807) is 0 Å². The van der Waals surface area contributed by atoms with Crippen molar-refractivity contribution in [3.05, 3.63) is 12.2 Å². The fourth-order valence-electron chi connectivity index (χ4n) is 0.951. The Morgan fingerprint density at radius 1 is 1.31 bits per heavy atom. The summed E-state index contributed by atoms with van der Waals surface area (Å²) < 4.78 is 9.76. The first-order chi connectivity index (χ1) is 7.49. The fourth-order valence-corrected chi connectivity index (χ4v) is 0.951. The molecule has 0 saturated carbocycles. The fraction of sp³-hybridized carbons (Fsp3) is 0.667. The summed E-state index contributed by atoms with van der Waals surface area (Å²) in [6.45, 7) is 8.89. The summed E-state index contributed by atoms with van der Waals surface area (Å²) in [5, 5.41) is 0. The lowest BCUT2D eigenvalue weighted by atomic mass is 10.3. The van der Waals surface area contributed by atoms with Crippen LogP contribution in [0.25, 0.3) is 0 Å². The lowest BCUT2D eigenvalue weighted by Gasteiger charge is -2.12. The van der Waals surface area contributed by atoms with Gasteiger partial charge < -0.3 is 9.47 Å². The molecule has 0 aliphatic rings. The maximum Gasteiger partial charge on any atom is 0.347 e. The van der Waals surface area contributed by atoms with Gasteiger partial charge in [-0.3, -0.25) is 0 Å². The summed E-state index contributed by atoms with van der Waals surface area (Å²) >= 11 is 0. The molecular formula is C12H20O4. The van der Waals surface area contributed by atoms with E-state index in [0.717, 1.165) is 19.3 Å². The van der Waals surface area contributed by atoms with Crippen molar-refractivity contribution in [3.63, 3.8) is 0 Å². The summed E-state index contributed by atoms with van der Waals surface area (Å²) in [5.74, 6) is -1.08. The van der Waals surface area contributed by atoms with Crippen LogP contribution in [0.3, 0.4) is 0 Å². The Labute approximate surface area is 96.6 Å². The highest BCUT2D eigenvalue weighted by atomic mass is 16.6. The van der Waals surface area contributed by atoms with Crippen LogP contribution < -0.4 is 0 Å². The summed E-state index contributed by atoms with van der Waals surface area (Å²) in [6.07, 6.45) is 2.06. The maximum atomic E-state index is 11.3. The van der Waals surface area contributed by atoms with E-state index in [-0.39, 0.29) is 5.57 Å². The molecule has 0 aromatic heterocycles. The number of ether oxygens (including phenoxy) is 2. The van der Waals surface area contributed by atoms with Gasteiger partial charge >= 0.3 is 11.9 Å². The zero-order valence-corrected chi connectivity index (χ0v) is 10.2. The zero-order valence-electron chi connectivity index (χ0n) is 10.2. The van der Waals surface area contributed by atoms with Crippen molar-refractivity contribution in [1.29, 1.82) is 0 Å². The molecule has 0 heterocycles. The van der Waals surface area contributed by atoms with Gasteiger partial charge in [-0.15, -0.1) is 0 Å². The third-order valence-corrected chi connectivity index (χ3v) is 1.96. The first-order valence-electron chi connectivity index (χ1n) is 5.52. The first-order valence-corrected chi connectivity index (χ1v) is 5.52. The molecule has 0 aromatic carbocycles. The molecule has 1 atom stereocenters. The second-order valence-corrected chi connectivity index (χ2v) is 3.70. The van der Waals surface area contributed by atoms with Crippen LogP contribution in [-0.2, 0) is 19.1 Å². The molecule has 0 fully saturated rings. The Morgan fingerprint density at radius 3 is 2.44 bits per heavy atom. The number of esters is 2. The molecule has 0 aromatic rings. The molecule has 0 aliphatic carbocycles. The smallest absolute Gasteiger partial charge is 0.347 e. The van der Waals surface area contributed by atoms with E-state index in [9.17, 15) is 9.59 Å². The minimum Gasteiger partial charge on any atom is -0.463 e. The summed E-state index contributed by atoms with van der Waals surface area (Å²) in [7, 11) is 0. The quantitative estimate of drug-likeness (QED) is 0.381. The van der Waals surface area contributed by atoms with Crippen LogP contribution in [0, 0.1) is 0 Å². The SMILES string of the molecule is C=C(C)C(=O)OC(C)C(=O)OCCCCC. The van der Waals surface area contributed by atoms with Crippen molar-refractivity contribution >= 4 is 11.9 Å². The Kier molecular flexibility index (Phi) is 7.25. The minimum absolute atomic E-state index is 0.269. The van der Waals surface area contributed by atoms with Crippen molar-refractivity contribution in [2.45, 2.75) is 46.1 Å². The lowest BCUT2D eigenvalue weighted by molar-refractivity contribution is -0.164. The van der Waals surface area contributed by atoms with Gasteiger partial charge in [0.15, 0.2) is 6.10 Å². The average molecular weight is 228 g/mol. The van der Waals surface area contributed by atoms with Crippen molar-refractivity contribution in [2.75, 3.05) is 6.61 Å². The molecule has 0 aliphatic heterocycles. The highest BCUT2D eigenvalue weighted by Crippen LogP contribution is 2.02. The molecule has 0 rings (SSSR count). The van der Waals surface area contributed by atoms with E-state index in [1.165, 1.54) is 13.8 Å². The van der Waals surface area contributed by atoms with E-state index < -0.39 is 18.0 Å². The van der Waals surface area contributed by atoms with Gasteiger partial charge in [0.05, 0.1) is 6.61 Å². The molecule has 4 nitrogen and oxygen atoms in total. The minimum atomic E-state index is -0.870. The van der Waals surface area contributed by atoms with E-state index >= 15 is 0 Å². The van der Waals surface area contributed by atoms with Crippen molar-refractivity contribution in [1.82, 2.24) is 0 Å². The van der Waals surface area contributed by atoms with Gasteiger partial charge in [-0.2, -0.15) is 0 Å². The van der Waals surface area contributed by atoms with E-state index in [0.29, 0.717) is 6.61 Å². The molecule has 0 N–H and O–H groups in total. The van der Waals surface area contributed by atoms with Gasteiger partial charge in [0.25, 0.3) is 0 Å². The molecule has 0 bridgehead atoms. The summed E-state index contributed by atoms with van der Waals surface area (Å²) in [4.78, 5) is 22.4. The molecular weight excluding hydrogens is 208 g/mol. The van der Waals surface area contributed by atoms with E-state index in [4.69, 9.17) is 9.47 Å². The topological polar surface area (TPSA) is 52.6 Å². The number of hydrogen-bond donors (Lipinski definition) is 0. The van der Waals surface area contributed by atoms with Gasteiger partial charge in [-0.05, 0) is 20.3 Å². The van der Waals surface area contributed by atoms with Gasteiger partial charge in [-0.25, -0.2) is 9.59 Å². The van der Waals surface area contributed by atoms with Gasteiger partial charge in [0, 0.05) is 5.57 Å². The second-order valence-electron chi connectivity index (χ2n) is 3.70. The van der Waals surface area contributed by atoms with Crippen LogP contribution >= 0.6 is 0 Å². The van der Waals surface area contributed by atoms with E-state index in [1.807, 2.05) is 0 Å². The number of carbonyl (C=O) groups excluding carboxylic acids is 2. The van der Waals surface area contributed by atoms with Crippen molar-refractivity contribution in [2.24, 2.45) is 0 Å². The van der Waals surface area contributed by atoms with Crippen LogP contribution in [0.2, 0.25) is 0 Å². The number of hydrogen-bond acceptors (Lipinski definition) is 4. The summed E-state index contributed by atoms with van der Waals surface area (Å²) in [6, 6.07) is 0. The standard InChI is InChI=1S/C12H20O4/c1-5-6-7-8-15-12(14)10(4)16-11(13)9(2)3/h10H,2,5-8H2,1,3-4H3. The van der Waals surface area contributed by atoms with Crippen molar-refractivity contribution < 1.29 is 19.1 Å². The normalized spacial score (nSPS) is 11.7. The second kappa shape index (κ2) is 7.91. The molecule has 92 valence electrons. The third kappa shape index (κ3) is 6.22. The molecule has 0 radical (unpaired) electrons. The largest absolute Gasteiger partial charge is 0.463 e. The van der Waals surface area contributed by atoms with Gasteiger partial charge in [-0.1, -0.05) is 26.3 Å². The lowest BCUT2D eigenvalue weighted by Crippen LogP contribution is -2.26. The number of unbranched alkanes of at least 4 members (excludes halogenated alkanes) is 2. The number of rotatable bonds is 7. The Balaban J connectivity index is 3.81. The first kappa shape index (κ1) is 14.7. The number of carbonyl (C=O) groups is 2. The molecule has 16 heavy (non-hydrogen) atoms. The van der Waals surface area contributed by atoms with Gasteiger partial charge in [0.1, 0.15) is 0 Å². The average Bonchev–Trinajstić information content (AvgIpc) is 2.23. The van der Waals surface area contributed by atoms with Crippen molar-refractivity contribution in [3.8, 4) is 0 Å². The predicted octanol–water partition coefficient (Wildman–Crippen LogP) is 2.23. The van der Waals surface area contributed by atoms with Gasteiger partial charge in [0.2, 0.25) is 0 Å². The highest BCUT2D eigenvalue weighted by molar-refractivity contribution is 5.89. The molecule has 0 spiro atoms. The molecule has 4 heteroatoms. The highest BCUT2D eigenvalue weighted by Gasteiger charge is 2.19. The Morgan fingerprint density at radius 2 is 1.94 bits per heavy atom. The van der Waals surface area contributed by atoms with Crippen LogP contribution in [-0.4, -0.2) is 24.6 Å². The Hall–Kier alpha value is -1.32. The monoisotopic (exact) mass is 228 g/mol. The van der Waals surface area contributed by atoms with Crippen LogP contribution in [0.1, 0.15) is 40.0 Å². The molecule has 0 amide bonds. The van der Waals surface area contributed by atoms with Crippen LogP contribution in [0.5, 0.6) is 0 Å². The third-order valence-electron chi connectivity index (χ3n) is 1.96. The zero-order chi connectivity index (χ0) is 12.6. The van der Waals surface area contributed by atoms with Crippen LogP contribution in [0.4, 0.5) is 0 Å². The van der Waals surface area contributed by atoms with Crippen LogP contribution in [0.15, 0.2) is 12.2 Å². The molecule has 1 unspecified atom stereocenters. The predicted molar refractivity (Wildman–Crippen MR) is 60.9 cm³/mol.